The van der Waals surface area contributed by atoms with E-state index in [1.165, 1.54) is 6.26 Å². The predicted molar refractivity (Wildman–Crippen MR) is 61.2 cm³/mol. The number of β-amino-alcohol motifs (C(OH)–C–C–N with tert-alkyl or cyclic N) is 1. The molecule has 2 N–H and O–H groups in total. The highest BCUT2D eigenvalue weighted by atomic mass is 79.9. The predicted octanol–water partition coefficient (Wildman–Crippen LogP) is 0.447. The fourth-order valence-corrected chi connectivity index (χ4v) is 2.24. The lowest BCUT2D eigenvalue weighted by molar-refractivity contribution is 0.0579. The molecule has 1 amide bonds. The Bertz CT molecular complexity index is 393. The summed E-state index contributed by atoms with van der Waals surface area (Å²) in [6.45, 7) is 1.13. The number of nitrogens with zero attached hydrogens (tertiary/aromatic N) is 1. The van der Waals surface area contributed by atoms with Crippen LogP contribution < -0.4 is 5.32 Å². The van der Waals surface area contributed by atoms with Crippen molar-refractivity contribution in [3.8, 4) is 0 Å². The summed E-state index contributed by atoms with van der Waals surface area (Å²) < 4.78 is 5.44. The molecular formula is C10H13BrN2O3. The summed E-state index contributed by atoms with van der Waals surface area (Å²) in [4.78, 5) is 13.6. The van der Waals surface area contributed by atoms with Gasteiger partial charge in [0.1, 0.15) is 0 Å². The summed E-state index contributed by atoms with van der Waals surface area (Å²) in [6.07, 6.45) is 0.939. The van der Waals surface area contributed by atoms with Crippen molar-refractivity contribution in [1.82, 2.24) is 10.2 Å². The average molecular weight is 289 g/mol. The lowest BCUT2D eigenvalue weighted by Crippen LogP contribution is -2.44. The van der Waals surface area contributed by atoms with E-state index < -0.39 is 6.10 Å². The van der Waals surface area contributed by atoms with Crippen LogP contribution in [-0.4, -0.2) is 48.2 Å². The maximum atomic E-state index is 12.1. The zero-order valence-electron chi connectivity index (χ0n) is 8.81. The van der Waals surface area contributed by atoms with Gasteiger partial charge in [0.15, 0.2) is 4.67 Å². The van der Waals surface area contributed by atoms with Gasteiger partial charge in [0.25, 0.3) is 5.91 Å². The van der Waals surface area contributed by atoms with Crippen molar-refractivity contribution in [3.63, 3.8) is 0 Å². The van der Waals surface area contributed by atoms with Crippen LogP contribution in [0.25, 0.3) is 0 Å². The highest BCUT2D eigenvalue weighted by molar-refractivity contribution is 9.10. The molecule has 1 aliphatic heterocycles. The van der Waals surface area contributed by atoms with E-state index in [2.05, 4.69) is 21.2 Å². The molecule has 2 rings (SSSR count). The first-order valence-electron chi connectivity index (χ1n) is 5.00. The topological polar surface area (TPSA) is 65.7 Å². The number of aliphatic hydroxyl groups excluding tert-OH is 1. The molecule has 5 nitrogen and oxygen atoms in total. The van der Waals surface area contributed by atoms with Crippen LogP contribution in [0.2, 0.25) is 0 Å². The molecule has 0 aromatic carbocycles. The average Bonchev–Trinajstić information content (AvgIpc) is 2.85. The van der Waals surface area contributed by atoms with Crippen molar-refractivity contribution in [1.29, 1.82) is 0 Å². The van der Waals surface area contributed by atoms with Crippen LogP contribution in [-0.2, 0) is 0 Å². The summed E-state index contributed by atoms with van der Waals surface area (Å²) in [5.41, 5.74) is 0.474. The largest absolute Gasteiger partial charge is 0.457 e. The lowest BCUT2D eigenvalue weighted by atomic mass is 10.1. The number of carbonyl (C=O) groups excluding carboxylic acids is 1. The molecule has 0 bridgehead atoms. The number of aliphatic hydroxyl groups is 1. The van der Waals surface area contributed by atoms with E-state index in [1.54, 1.807) is 18.0 Å². The second kappa shape index (κ2) is 4.57. The number of rotatable bonds is 2. The molecular weight excluding hydrogens is 276 g/mol. The van der Waals surface area contributed by atoms with Crippen LogP contribution in [0, 0.1) is 0 Å². The molecule has 0 spiro atoms. The van der Waals surface area contributed by atoms with E-state index >= 15 is 0 Å². The summed E-state index contributed by atoms with van der Waals surface area (Å²) >= 11 is 3.17. The molecule has 6 heteroatoms. The third kappa shape index (κ3) is 2.00. The van der Waals surface area contributed by atoms with Gasteiger partial charge >= 0.3 is 0 Å². The van der Waals surface area contributed by atoms with Crippen LogP contribution in [0.3, 0.4) is 0 Å². The quantitative estimate of drug-likeness (QED) is 0.829. The Kier molecular flexibility index (Phi) is 3.32. The van der Waals surface area contributed by atoms with E-state index in [0.29, 0.717) is 23.3 Å². The zero-order chi connectivity index (χ0) is 11.7. The molecule has 16 heavy (non-hydrogen) atoms. The van der Waals surface area contributed by atoms with Crippen LogP contribution in [0.15, 0.2) is 21.4 Å². The van der Waals surface area contributed by atoms with Crippen LogP contribution >= 0.6 is 15.9 Å². The molecule has 1 fully saturated rings. The summed E-state index contributed by atoms with van der Waals surface area (Å²) in [6, 6.07) is 1.42. The number of likely N-dealkylation sites (N-methyl/N-ethyl adjacent to an activating group) is 1. The molecule has 1 aromatic heterocycles. The fraction of sp³-hybridized carbons (Fsp3) is 0.500. The van der Waals surface area contributed by atoms with Crippen molar-refractivity contribution in [3.05, 3.63) is 22.6 Å². The maximum absolute atomic E-state index is 12.1. The second-order valence-electron chi connectivity index (χ2n) is 3.82. The van der Waals surface area contributed by atoms with Gasteiger partial charge in [0.2, 0.25) is 0 Å². The zero-order valence-corrected chi connectivity index (χ0v) is 10.4. The molecule has 88 valence electrons. The molecule has 1 aromatic rings. The lowest BCUT2D eigenvalue weighted by Gasteiger charge is -2.26. The minimum atomic E-state index is -0.514. The van der Waals surface area contributed by atoms with Crippen LogP contribution in [0.5, 0.6) is 0 Å². The number of carbonyl (C=O) groups is 1. The first-order valence-corrected chi connectivity index (χ1v) is 5.79. The Hall–Kier alpha value is -0.850. The molecule has 0 radical (unpaired) electrons. The van der Waals surface area contributed by atoms with E-state index in [0.717, 1.165) is 0 Å². The number of nitrogens with one attached hydrogen (secondary N) is 1. The van der Waals surface area contributed by atoms with E-state index in [-0.39, 0.29) is 11.9 Å². The highest BCUT2D eigenvalue weighted by Gasteiger charge is 2.32. The highest BCUT2D eigenvalue weighted by Crippen LogP contribution is 2.20. The summed E-state index contributed by atoms with van der Waals surface area (Å²) in [5.74, 6) is -0.159. The van der Waals surface area contributed by atoms with Gasteiger partial charge in [-0.1, -0.05) is 0 Å². The number of hydrogen-bond donors (Lipinski definition) is 2. The standard InChI is InChI=1S/C10H13BrN2O3/c1-13(7-4-12-5-8(7)14)10(15)6-2-3-16-9(6)11/h2-3,7-8,12,14H,4-5H2,1H3/t7-,8-/m1/s1. The number of amides is 1. The fourth-order valence-electron chi connectivity index (χ4n) is 1.83. The normalized spacial score (nSPS) is 24.7. The van der Waals surface area contributed by atoms with Gasteiger partial charge in [0, 0.05) is 20.1 Å². The van der Waals surface area contributed by atoms with Gasteiger partial charge in [-0.25, -0.2) is 0 Å². The van der Waals surface area contributed by atoms with Crippen molar-refractivity contribution >= 4 is 21.8 Å². The van der Waals surface area contributed by atoms with E-state index in [4.69, 9.17) is 4.42 Å². The SMILES string of the molecule is CN(C(=O)c1ccoc1Br)[C@@H]1CNC[C@H]1O. The van der Waals surface area contributed by atoms with Crippen molar-refractivity contribution < 1.29 is 14.3 Å². The third-order valence-electron chi connectivity index (χ3n) is 2.82. The molecule has 0 unspecified atom stereocenters. The van der Waals surface area contributed by atoms with Gasteiger partial charge in [-0.3, -0.25) is 4.79 Å². The van der Waals surface area contributed by atoms with E-state index in [9.17, 15) is 9.90 Å². The molecule has 0 saturated carbocycles. The van der Waals surface area contributed by atoms with Gasteiger partial charge in [-0.2, -0.15) is 0 Å². The van der Waals surface area contributed by atoms with Gasteiger partial charge in [0.05, 0.1) is 24.0 Å². The Morgan fingerprint density at radius 3 is 2.94 bits per heavy atom. The van der Waals surface area contributed by atoms with Gasteiger partial charge in [-0.15, -0.1) is 0 Å². The molecule has 2 atom stereocenters. The van der Waals surface area contributed by atoms with Gasteiger partial charge in [-0.05, 0) is 22.0 Å². The Morgan fingerprint density at radius 2 is 2.44 bits per heavy atom. The van der Waals surface area contributed by atoms with Crippen molar-refractivity contribution in [2.45, 2.75) is 12.1 Å². The third-order valence-corrected chi connectivity index (χ3v) is 3.43. The molecule has 1 saturated heterocycles. The minimum Gasteiger partial charge on any atom is -0.457 e. The number of furan rings is 1. The smallest absolute Gasteiger partial charge is 0.258 e. The van der Waals surface area contributed by atoms with Crippen molar-refractivity contribution in [2.75, 3.05) is 20.1 Å². The Labute approximate surface area is 102 Å². The summed E-state index contributed by atoms with van der Waals surface area (Å²) in [5, 5.41) is 12.7. The first kappa shape index (κ1) is 11.6. The molecule has 1 aliphatic rings. The maximum Gasteiger partial charge on any atom is 0.258 e. The van der Waals surface area contributed by atoms with Crippen LogP contribution in [0.4, 0.5) is 0 Å². The Balaban J connectivity index is 2.13. The van der Waals surface area contributed by atoms with Gasteiger partial charge < -0.3 is 19.7 Å². The number of halogens is 1. The number of hydrogen-bond acceptors (Lipinski definition) is 4. The van der Waals surface area contributed by atoms with Crippen LogP contribution in [0.1, 0.15) is 10.4 Å². The Morgan fingerprint density at radius 1 is 1.69 bits per heavy atom. The molecule has 2 heterocycles. The summed E-state index contributed by atoms with van der Waals surface area (Å²) in [7, 11) is 1.68. The second-order valence-corrected chi connectivity index (χ2v) is 4.54. The molecule has 0 aliphatic carbocycles. The first-order chi connectivity index (χ1) is 7.61. The minimum absolute atomic E-state index is 0.159. The monoisotopic (exact) mass is 288 g/mol. The van der Waals surface area contributed by atoms with E-state index in [1.807, 2.05) is 0 Å². The van der Waals surface area contributed by atoms with Crippen molar-refractivity contribution in [2.24, 2.45) is 0 Å².